The third kappa shape index (κ3) is 5.85. The Labute approximate surface area is 218 Å². The highest BCUT2D eigenvalue weighted by molar-refractivity contribution is 5.85. The van der Waals surface area contributed by atoms with Gasteiger partial charge in [-0.3, -0.25) is 9.78 Å². The number of carbonyl (C=O) groups is 1. The minimum absolute atomic E-state index is 0.0497. The molecule has 2 heterocycles. The number of aryl methyl sites for hydroxylation is 1. The molecule has 1 fully saturated rings. The van der Waals surface area contributed by atoms with Gasteiger partial charge >= 0.3 is 5.97 Å². The molecule has 2 N–H and O–H groups in total. The number of ether oxygens (including phenoxy) is 1. The molecule has 1 saturated heterocycles. The summed E-state index contributed by atoms with van der Waals surface area (Å²) < 4.78 is 61.7. The number of rotatable bonds is 10. The molecule has 1 aliphatic rings. The number of hydrogen-bond acceptors (Lipinski definition) is 5. The van der Waals surface area contributed by atoms with E-state index in [1.165, 1.54) is 7.11 Å². The van der Waals surface area contributed by atoms with Gasteiger partial charge in [0.1, 0.15) is 23.4 Å². The van der Waals surface area contributed by atoms with Crippen molar-refractivity contribution < 1.29 is 32.2 Å². The van der Waals surface area contributed by atoms with Gasteiger partial charge in [0.25, 0.3) is 0 Å². The number of benzene rings is 2. The van der Waals surface area contributed by atoms with Crippen molar-refractivity contribution in [2.45, 2.75) is 38.8 Å². The van der Waals surface area contributed by atoms with E-state index in [1.807, 2.05) is 4.90 Å². The van der Waals surface area contributed by atoms with Crippen molar-refractivity contribution in [2.75, 3.05) is 38.6 Å². The maximum absolute atomic E-state index is 15.7. The van der Waals surface area contributed by atoms with Crippen LogP contribution in [0.4, 0.5) is 23.2 Å². The lowest BCUT2D eigenvalue weighted by Gasteiger charge is -2.39. The highest BCUT2D eigenvalue weighted by Crippen LogP contribution is 2.41. The average Bonchev–Trinajstić information content (AvgIpc) is 2.89. The Balaban J connectivity index is 1.37. The Morgan fingerprint density at radius 3 is 2.50 bits per heavy atom. The van der Waals surface area contributed by atoms with Crippen molar-refractivity contribution in [3.63, 3.8) is 0 Å². The Morgan fingerprint density at radius 1 is 1.18 bits per heavy atom. The predicted octanol–water partition coefficient (Wildman–Crippen LogP) is 6.04. The molecule has 3 aromatic rings. The molecule has 1 aliphatic heterocycles. The molecule has 0 saturated carbocycles. The van der Waals surface area contributed by atoms with E-state index >= 15 is 4.39 Å². The van der Waals surface area contributed by atoms with Gasteiger partial charge in [-0.1, -0.05) is 0 Å². The van der Waals surface area contributed by atoms with Gasteiger partial charge in [-0.25, -0.2) is 17.6 Å². The molecule has 204 valence electrons. The molecule has 1 atom stereocenters. The van der Waals surface area contributed by atoms with Crippen LogP contribution in [0.25, 0.3) is 10.9 Å². The number of fused-ring (bicyclic) bond motifs is 1. The number of halogens is 4. The van der Waals surface area contributed by atoms with Crippen LogP contribution in [0, 0.1) is 29.8 Å². The van der Waals surface area contributed by atoms with E-state index in [0.717, 1.165) is 0 Å². The number of hydrogen-bond donors (Lipinski definition) is 2. The molecule has 0 bridgehead atoms. The molecule has 38 heavy (non-hydrogen) atoms. The smallest absolute Gasteiger partial charge is 0.309 e. The second kappa shape index (κ2) is 11.6. The van der Waals surface area contributed by atoms with Crippen molar-refractivity contribution in [3.8, 4) is 5.75 Å². The summed E-state index contributed by atoms with van der Waals surface area (Å²) in [5, 5.41) is 13.4. The fraction of sp³-hybridized carbons (Fsp3) is 0.429. The number of nitrogens with one attached hydrogen (secondary N) is 1. The summed E-state index contributed by atoms with van der Waals surface area (Å²) in [5.41, 5.74) is 0.382. The van der Waals surface area contributed by atoms with E-state index in [9.17, 15) is 23.1 Å². The molecule has 10 heteroatoms. The number of carboxylic acid groups (broad SMARTS) is 1. The lowest BCUT2D eigenvalue weighted by molar-refractivity contribution is -0.153. The molecule has 0 aliphatic carbocycles. The van der Waals surface area contributed by atoms with Gasteiger partial charge < -0.3 is 20.1 Å². The predicted molar refractivity (Wildman–Crippen MR) is 137 cm³/mol. The molecule has 4 rings (SSSR count). The molecular formula is C28H31F4N3O3. The lowest BCUT2D eigenvalue weighted by Crippen LogP contribution is -2.45. The van der Waals surface area contributed by atoms with Gasteiger partial charge in [-0.15, -0.1) is 0 Å². The number of nitrogens with zero attached hydrogens (tertiary/aromatic N) is 2. The second-order valence-corrected chi connectivity index (χ2v) is 9.84. The normalized spacial score (nSPS) is 16.4. The first kappa shape index (κ1) is 27.6. The SMILES string of the molecule is COc1ccc2ncc(C)c(C(F)CCC3(C(=O)O)CCN(CCNc4c(F)cc(F)cc4F)CC3)c2c1. The maximum Gasteiger partial charge on any atom is 0.309 e. The molecule has 2 aromatic carbocycles. The minimum Gasteiger partial charge on any atom is -0.497 e. The van der Waals surface area contributed by atoms with Crippen molar-refractivity contribution in [2.24, 2.45) is 5.41 Å². The van der Waals surface area contributed by atoms with Crippen LogP contribution in [0.5, 0.6) is 5.75 Å². The van der Waals surface area contributed by atoms with Gasteiger partial charge in [0.05, 0.1) is 18.0 Å². The van der Waals surface area contributed by atoms with Crippen LogP contribution in [0.3, 0.4) is 0 Å². The Morgan fingerprint density at radius 2 is 1.87 bits per heavy atom. The van der Waals surface area contributed by atoms with E-state index in [2.05, 4.69) is 10.3 Å². The first-order valence-corrected chi connectivity index (χ1v) is 12.5. The second-order valence-electron chi connectivity index (χ2n) is 9.84. The highest BCUT2D eigenvalue weighted by Gasteiger charge is 2.41. The van der Waals surface area contributed by atoms with Crippen molar-refractivity contribution in [1.29, 1.82) is 0 Å². The zero-order valence-corrected chi connectivity index (χ0v) is 21.4. The van der Waals surface area contributed by atoms with Crippen molar-refractivity contribution in [1.82, 2.24) is 9.88 Å². The quantitative estimate of drug-likeness (QED) is 0.310. The number of likely N-dealkylation sites (tertiary alicyclic amines) is 1. The van der Waals surface area contributed by atoms with E-state index in [4.69, 9.17) is 4.74 Å². The Hall–Kier alpha value is -3.40. The summed E-state index contributed by atoms with van der Waals surface area (Å²) in [6.07, 6.45) is 1.14. The van der Waals surface area contributed by atoms with Crippen LogP contribution in [0.1, 0.15) is 43.0 Å². The minimum atomic E-state index is -1.37. The van der Waals surface area contributed by atoms with Crippen LogP contribution in [0.2, 0.25) is 0 Å². The molecule has 6 nitrogen and oxygen atoms in total. The molecule has 0 spiro atoms. The fourth-order valence-corrected chi connectivity index (χ4v) is 5.21. The number of aliphatic carboxylic acids is 1. The molecule has 0 amide bonds. The first-order chi connectivity index (χ1) is 18.1. The molecule has 0 radical (unpaired) electrons. The standard InChI is InChI=1S/C28H31F4N3O3/c1-17-16-34-24-4-3-19(38-2)15-20(24)25(17)21(30)5-6-28(27(36)37)7-10-35(11-8-28)12-9-33-26-22(31)13-18(29)14-23(26)32/h3-4,13-16,21,33H,5-12H2,1-2H3,(H,36,37). The Kier molecular flexibility index (Phi) is 8.40. The van der Waals surface area contributed by atoms with Crippen LogP contribution in [-0.2, 0) is 4.79 Å². The highest BCUT2D eigenvalue weighted by atomic mass is 19.1. The number of carboxylic acids is 1. The van der Waals surface area contributed by atoms with Gasteiger partial charge in [0, 0.05) is 36.8 Å². The molecular weight excluding hydrogens is 502 g/mol. The largest absolute Gasteiger partial charge is 0.497 e. The maximum atomic E-state index is 15.7. The van der Waals surface area contributed by atoms with E-state index in [1.54, 1.807) is 31.3 Å². The van der Waals surface area contributed by atoms with Crippen LogP contribution in [-0.4, -0.2) is 54.2 Å². The summed E-state index contributed by atoms with van der Waals surface area (Å²) in [7, 11) is 1.54. The number of pyridine rings is 1. The summed E-state index contributed by atoms with van der Waals surface area (Å²) in [4.78, 5) is 18.7. The lowest BCUT2D eigenvalue weighted by atomic mass is 9.74. The topological polar surface area (TPSA) is 74.7 Å². The summed E-state index contributed by atoms with van der Waals surface area (Å²) in [6.45, 7) is 3.31. The number of aromatic nitrogens is 1. The van der Waals surface area contributed by atoms with Crippen molar-refractivity contribution in [3.05, 3.63) is 65.1 Å². The number of alkyl halides is 1. The van der Waals surface area contributed by atoms with Gasteiger partial charge in [0.15, 0.2) is 11.6 Å². The number of methoxy groups -OCH3 is 1. The Bertz CT molecular complexity index is 1290. The van der Waals surface area contributed by atoms with E-state index < -0.39 is 40.7 Å². The van der Waals surface area contributed by atoms with E-state index in [-0.39, 0.29) is 19.4 Å². The van der Waals surface area contributed by atoms with Crippen LogP contribution in [0.15, 0.2) is 36.5 Å². The number of anilines is 1. The molecule has 1 unspecified atom stereocenters. The van der Waals surface area contributed by atoms with Gasteiger partial charge in [0.2, 0.25) is 0 Å². The molecule has 1 aromatic heterocycles. The summed E-state index contributed by atoms with van der Waals surface area (Å²) >= 11 is 0. The fourth-order valence-electron chi connectivity index (χ4n) is 5.21. The van der Waals surface area contributed by atoms with Crippen LogP contribution >= 0.6 is 0 Å². The zero-order valence-electron chi connectivity index (χ0n) is 21.4. The van der Waals surface area contributed by atoms with Gasteiger partial charge in [-0.2, -0.15) is 0 Å². The van der Waals surface area contributed by atoms with Crippen molar-refractivity contribution >= 4 is 22.6 Å². The first-order valence-electron chi connectivity index (χ1n) is 12.5. The summed E-state index contributed by atoms with van der Waals surface area (Å²) in [6, 6.07) is 6.50. The average molecular weight is 534 g/mol. The third-order valence-electron chi connectivity index (χ3n) is 7.51. The monoisotopic (exact) mass is 533 g/mol. The third-order valence-corrected chi connectivity index (χ3v) is 7.51. The summed E-state index contributed by atoms with van der Waals surface area (Å²) in [5.74, 6) is -3.37. The van der Waals surface area contributed by atoms with E-state index in [0.29, 0.717) is 72.4 Å². The number of piperidine rings is 1. The van der Waals surface area contributed by atoms with Crippen LogP contribution < -0.4 is 10.1 Å². The van der Waals surface area contributed by atoms with Gasteiger partial charge in [-0.05, 0) is 75.0 Å². The zero-order chi connectivity index (χ0) is 27.4.